The van der Waals surface area contributed by atoms with Gasteiger partial charge in [-0.3, -0.25) is 9.58 Å². The Morgan fingerprint density at radius 2 is 1.67 bits per heavy atom. The quantitative estimate of drug-likeness (QED) is 0.436. The summed E-state index contributed by atoms with van der Waals surface area (Å²) >= 11 is 0. The van der Waals surface area contributed by atoms with Gasteiger partial charge in [-0.15, -0.1) is 0 Å². The highest BCUT2D eigenvalue weighted by Gasteiger charge is 2.11. The Labute approximate surface area is 177 Å². The molecule has 4 aromatic rings. The van der Waals surface area contributed by atoms with Gasteiger partial charge in [0.1, 0.15) is 5.75 Å². The highest BCUT2D eigenvalue weighted by atomic mass is 16.5. The first-order chi connectivity index (χ1) is 14.6. The van der Waals surface area contributed by atoms with Crippen molar-refractivity contribution in [3.05, 3.63) is 89.2 Å². The number of nitrogens with zero attached hydrogens (tertiary/aromatic N) is 4. The van der Waals surface area contributed by atoms with Gasteiger partial charge in [0.05, 0.1) is 12.8 Å². The lowest BCUT2D eigenvalue weighted by atomic mass is 10.1. The van der Waals surface area contributed by atoms with Crippen LogP contribution >= 0.6 is 0 Å². The summed E-state index contributed by atoms with van der Waals surface area (Å²) in [5, 5.41) is 5.63. The van der Waals surface area contributed by atoms with Crippen LogP contribution in [0, 0.1) is 6.92 Å². The lowest BCUT2D eigenvalue weighted by Crippen LogP contribution is -2.25. The van der Waals surface area contributed by atoms with Crippen molar-refractivity contribution in [2.24, 2.45) is 7.05 Å². The Balaban J connectivity index is 1.52. The number of ether oxygens (including phenoxy) is 1. The molecule has 4 rings (SSSR count). The summed E-state index contributed by atoms with van der Waals surface area (Å²) in [6.07, 6.45) is 2.97. The van der Waals surface area contributed by atoms with E-state index in [0.29, 0.717) is 0 Å². The zero-order chi connectivity index (χ0) is 20.9. The number of aromatic nitrogens is 3. The largest absolute Gasteiger partial charge is 0.497 e. The van der Waals surface area contributed by atoms with E-state index < -0.39 is 0 Å². The van der Waals surface area contributed by atoms with Gasteiger partial charge in [0.25, 0.3) is 0 Å². The molecule has 0 amide bonds. The number of hydrogen-bond donors (Lipinski definition) is 0. The smallest absolute Gasteiger partial charge is 0.157 e. The maximum absolute atomic E-state index is 5.28. The lowest BCUT2D eigenvalue weighted by molar-refractivity contribution is 0.260. The molecule has 2 aromatic heterocycles. The van der Waals surface area contributed by atoms with Crippen molar-refractivity contribution in [3.63, 3.8) is 0 Å². The first-order valence-corrected chi connectivity index (χ1v) is 10.3. The predicted molar refractivity (Wildman–Crippen MR) is 121 cm³/mol. The highest BCUT2D eigenvalue weighted by Crippen LogP contribution is 2.19. The summed E-state index contributed by atoms with van der Waals surface area (Å²) in [7, 11) is 3.64. The monoisotopic (exact) mass is 400 g/mol. The van der Waals surface area contributed by atoms with Gasteiger partial charge in [0, 0.05) is 38.3 Å². The molecule has 30 heavy (non-hydrogen) atoms. The maximum Gasteiger partial charge on any atom is 0.157 e. The zero-order valence-electron chi connectivity index (χ0n) is 17.9. The fourth-order valence-corrected chi connectivity index (χ4v) is 3.83. The summed E-state index contributed by atoms with van der Waals surface area (Å²) in [5.41, 5.74) is 5.80. The summed E-state index contributed by atoms with van der Waals surface area (Å²) in [6, 6.07) is 21.2. The molecule has 5 nitrogen and oxygen atoms in total. The van der Waals surface area contributed by atoms with Gasteiger partial charge in [0.15, 0.2) is 5.65 Å². The third-order valence-electron chi connectivity index (χ3n) is 5.45. The van der Waals surface area contributed by atoms with Gasteiger partial charge < -0.3 is 4.74 Å². The Morgan fingerprint density at radius 3 is 2.40 bits per heavy atom. The van der Waals surface area contributed by atoms with Crippen molar-refractivity contribution in [1.82, 2.24) is 19.7 Å². The second kappa shape index (κ2) is 9.09. The third kappa shape index (κ3) is 4.69. The average Bonchev–Trinajstić information content (AvgIpc) is 3.06. The minimum atomic E-state index is 0.850. The molecule has 0 fully saturated rings. The molecule has 2 aromatic carbocycles. The van der Waals surface area contributed by atoms with Gasteiger partial charge in [0.2, 0.25) is 0 Å². The second-order valence-electron chi connectivity index (χ2n) is 7.72. The molecular weight excluding hydrogens is 372 g/mol. The van der Waals surface area contributed by atoms with Crippen LogP contribution in [-0.2, 0) is 26.6 Å². The number of aryl methyl sites for hydroxylation is 2. The van der Waals surface area contributed by atoms with Gasteiger partial charge in [-0.1, -0.05) is 42.5 Å². The summed E-state index contributed by atoms with van der Waals surface area (Å²) in [6.45, 7) is 4.76. The standard InChI is InChI=1S/C25H28N4O/c1-19-24-15-22(16-26-25(24)28(2)27-19)18-29(17-21-7-5-4-6-8-21)14-13-20-9-11-23(30-3)12-10-20/h4-12,15-16H,13-14,17-18H2,1-3H3. The maximum atomic E-state index is 5.28. The topological polar surface area (TPSA) is 43.2 Å². The molecule has 0 unspecified atom stereocenters. The van der Waals surface area contributed by atoms with E-state index in [1.807, 2.05) is 37.0 Å². The molecule has 0 radical (unpaired) electrons. The SMILES string of the molecule is COc1ccc(CCN(Cc2ccccc2)Cc2cnc3c(c2)c(C)nn3C)cc1. The Morgan fingerprint density at radius 1 is 0.933 bits per heavy atom. The molecule has 0 spiro atoms. The first-order valence-electron chi connectivity index (χ1n) is 10.3. The number of pyridine rings is 1. The van der Waals surface area contributed by atoms with Crippen LogP contribution in [0.5, 0.6) is 5.75 Å². The van der Waals surface area contributed by atoms with Crippen molar-refractivity contribution in [2.45, 2.75) is 26.4 Å². The van der Waals surface area contributed by atoms with Crippen molar-refractivity contribution in [1.29, 1.82) is 0 Å². The van der Waals surface area contributed by atoms with Crippen molar-refractivity contribution >= 4 is 11.0 Å². The fraction of sp³-hybridized carbons (Fsp3) is 0.280. The van der Waals surface area contributed by atoms with Crippen LogP contribution in [0.4, 0.5) is 0 Å². The fourth-order valence-electron chi connectivity index (χ4n) is 3.83. The van der Waals surface area contributed by atoms with Crippen LogP contribution in [0.25, 0.3) is 11.0 Å². The number of benzene rings is 2. The molecule has 0 saturated carbocycles. The van der Waals surface area contributed by atoms with E-state index in [-0.39, 0.29) is 0 Å². The number of rotatable bonds is 8. The molecule has 154 valence electrons. The molecule has 0 N–H and O–H groups in total. The first kappa shape index (κ1) is 20.1. The molecule has 0 aliphatic rings. The summed E-state index contributed by atoms with van der Waals surface area (Å²) in [5.74, 6) is 0.895. The summed E-state index contributed by atoms with van der Waals surface area (Å²) in [4.78, 5) is 7.14. The number of fused-ring (bicyclic) bond motifs is 1. The average molecular weight is 401 g/mol. The number of methoxy groups -OCH3 is 1. The Kier molecular flexibility index (Phi) is 6.10. The van der Waals surface area contributed by atoms with E-state index in [1.54, 1.807) is 7.11 Å². The molecule has 0 aliphatic carbocycles. The third-order valence-corrected chi connectivity index (χ3v) is 5.45. The van der Waals surface area contributed by atoms with E-state index in [2.05, 4.69) is 63.5 Å². The minimum absolute atomic E-state index is 0.850. The van der Waals surface area contributed by atoms with Gasteiger partial charge in [-0.25, -0.2) is 4.98 Å². The normalized spacial score (nSPS) is 11.3. The van der Waals surface area contributed by atoms with Gasteiger partial charge >= 0.3 is 0 Å². The second-order valence-corrected chi connectivity index (χ2v) is 7.72. The van der Waals surface area contributed by atoms with E-state index in [1.165, 1.54) is 16.7 Å². The van der Waals surface area contributed by atoms with Crippen LogP contribution in [-0.4, -0.2) is 33.3 Å². The van der Waals surface area contributed by atoms with Crippen LogP contribution in [0.3, 0.4) is 0 Å². The molecule has 0 saturated heterocycles. The zero-order valence-corrected chi connectivity index (χ0v) is 17.9. The van der Waals surface area contributed by atoms with E-state index in [9.17, 15) is 0 Å². The van der Waals surface area contributed by atoms with Crippen molar-refractivity contribution in [3.8, 4) is 5.75 Å². The van der Waals surface area contributed by atoms with Crippen molar-refractivity contribution < 1.29 is 4.74 Å². The van der Waals surface area contributed by atoms with E-state index in [0.717, 1.165) is 48.5 Å². The minimum Gasteiger partial charge on any atom is -0.497 e. The van der Waals surface area contributed by atoms with Gasteiger partial charge in [-0.05, 0) is 48.2 Å². The molecule has 0 aliphatic heterocycles. The Bertz CT molecular complexity index is 1100. The molecule has 0 atom stereocenters. The molecular formula is C25H28N4O. The molecule has 2 heterocycles. The van der Waals surface area contributed by atoms with E-state index in [4.69, 9.17) is 4.74 Å². The highest BCUT2D eigenvalue weighted by molar-refractivity contribution is 5.78. The lowest BCUT2D eigenvalue weighted by Gasteiger charge is -2.23. The van der Waals surface area contributed by atoms with Crippen LogP contribution in [0.1, 0.15) is 22.4 Å². The predicted octanol–water partition coefficient (Wildman–Crippen LogP) is 4.53. The van der Waals surface area contributed by atoms with Crippen LogP contribution < -0.4 is 4.74 Å². The van der Waals surface area contributed by atoms with E-state index >= 15 is 0 Å². The summed E-state index contributed by atoms with van der Waals surface area (Å²) < 4.78 is 7.12. The number of hydrogen-bond acceptors (Lipinski definition) is 4. The van der Waals surface area contributed by atoms with Gasteiger partial charge in [-0.2, -0.15) is 5.10 Å². The molecule has 0 bridgehead atoms. The molecule has 5 heteroatoms. The van der Waals surface area contributed by atoms with Crippen LogP contribution in [0.15, 0.2) is 66.9 Å². The van der Waals surface area contributed by atoms with Crippen molar-refractivity contribution in [2.75, 3.05) is 13.7 Å². The van der Waals surface area contributed by atoms with Crippen LogP contribution in [0.2, 0.25) is 0 Å². The Hall–Kier alpha value is -3.18.